The zero-order valence-electron chi connectivity index (χ0n) is 8.03. The standard InChI is InChI=1S/C9H14N3O2/c1-11-4-2-7(3-5-11)12-8(13)6-10-9(12)14/h7H,1-6H2,(H,10,14)/q-1. The lowest BCUT2D eigenvalue weighted by Crippen LogP contribution is -2.46. The van der Waals surface area contributed by atoms with E-state index in [9.17, 15) is 9.59 Å². The van der Waals surface area contributed by atoms with Crippen molar-refractivity contribution >= 4 is 11.9 Å². The van der Waals surface area contributed by atoms with Gasteiger partial charge in [-0.2, -0.15) is 0 Å². The lowest BCUT2D eigenvalue weighted by atomic mass is 10.0. The summed E-state index contributed by atoms with van der Waals surface area (Å²) in [4.78, 5) is 26.0. The maximum Gasteiger partial charge on any atom is 0.324 e. The highest BCUT2D eigenvalue weighted by Gasteiger charge is 2.35. The van der Waals surface area contributed by atoms with Crippen LogP contribution in [0.3, 0.4) is 0 Å². The van der Waals surface area contributed by atoms with Gasteiger partial charge in [-0.3, -0.25) is 16.7 Å². The minimum Gasteiger partial charge on any atom is -0.459 e. The summed E-state index contributed by atoms with van der Waals surface area (Å²) in [7, 11) is 3.83. The van der Waals surface area contributed by atoms with Crippen molar-refractivity contribution in [2.24, 2.45) is 0 Å². The van der Waals surface area contributed by atoms with Gasteiger partial charge in [0.25, 0.3) is 0 Å². The zero-order valence-corrected chi connectivity index (χ0v) is 8.03. The Bertz CT molecular complexity index is 243. The molecule has 0 saturated carbocycles. The molecule has 0 radical (unpaired) electrons. The summed E-state index contributed by atoms with van der Waals surface area (Å²) >= 11 is 0. The molecular formula is C9H14N3O2-. The zero-order chi connectivity index (χ0) is 10.1. The van der Waals surface area contributed by atoms with Crippen molar-refractivity contribution in [3.05, 3.63) is 7.05 Å². The molecule has 0 bridgehead atoms. The molecule has 14 heavy (non-hydrogen) atoms. The van der Waals surface area contributed by atoms with Crippen LogP contribution in [0.15, 0.2) is 0 Å². The summed E-state index contributed by atoms with van der Waals surface area (Å²) in [5, 5.41) is 2.54. The molecule has 1 N–H and O–H groups in total. The first-order chi connectivity index (χ1) is 6.68. The molecule has 0 aromatic heterocycles. The smallest absolute Gasteiger partial charge is 0.324 e. The molecule has 2 aliphatic rings. The number of rotatable bonds is 1. The number of piperidine rings is 1. The number of urea groups is 1. The number of hydrogen-bond acceptors (Lipinski definition) is 3. The molecule has 2 heterocycles. The van der Waals surface area contributed by atoms with Crippen molar-refractivity contribution in [1.29, 1.82) is 0 Å². The molecule has 0 atom stereocenters. The Hall–Kier alpha value is -1.10. The molecule has 0 aliphatic carbocycles. The summed E-state index contributed by atoms with van der Waals surface area (Å²) in [6.45, 7) is 1.85. The molecule has 0 aromatic rings. The fourth-order valence-corrected chi connectivity index (χ4v) is 1.98. The van der Waals surface area contributed by atoms with Gasteiger partial charge < -0.3 is 10.2 Å². The molecule has 78 valence electrons. The minimum absolute atomic E-state index is 0.0722. The van der Waals surface area contributed by atoms with E-state index in [-0.39, 0.29) is 24.5 Å². The number of carbonyl (C=O) groups excluding carboxylic acids is 2. The number of imide groups is 1. The molecule has 0 spiro atoms. The second-order valence-corrected chi connectivity index (χ2v) is 3.77. The van der Waals surface area contributed by atoms with E-state index in [1.165, 1.54) is 4.90 Å². The molecule has 2 fully saturated rings. The molecule has 3 amide bonds. The van der Waals surface area contributed by atoms with Gasteiger partial charge in [0.05, 0.1) is 6.54 Å². The van der Waals surface area contributed by atoms with Crippen LogP contribution < -0.4 is 5.32 Å². The number of amides is 3. The van der Waals surface area contributed by atoms with Gasteiger partial charge in [-0.25, -0.2) is 4.79 Å². The third-order valence-corrected chi connectivity index (χ3v) is 2.80. The van der Waals surface area contributed by atoms with Crippen molar-refractivity contribution in [2.75, 3.05) is 19.6 Å². The van der Waals surface area contributed by atoms with Gasteiger partial charge in [-0.15, -0.1) is 0 Å². The van der Waals surface area contributed by atoms with Gasteiger partial charge in [0.15, 0.2) is 0 Å². The Morgan fingerprint density at radius 2 is 1.93 bits per heavy atom. The van der Waals surface area contributed by atoms with Crippen molar-refractivity contribution in [3.63, 3.8) is 0 Å². The molecule has 5 heteroatoms. The van der Waals surface area contributed by atoms with E-state index in [1.807, 2.05) is 4.90 Å². The maximum absolute atomic E-state index is 11.4. The van der Waals surface area contributed by atoms with Crippen LogP contribution >= 0.6 is 0 Å². The van der Waals surface area contributed by atoms with Crippen LogP contribution in [-0.2, 0) is 4.79 Å². The van der Waals surface area contributed by atoms with E-state index >= 15 is 0 Å². The predicted molar refractivity (Wildman–Crippen MR) is 50.2 cm³/mol. The van der Waals surface area contributed by atoms with Gasteiger partial charge in [0, 0.05) is 6.04 Å². The Morgan fingerprint density at radius 1 is 1.29 bits per heavy atom. The average Bonchev–Trinajstić information content (AvgIpc) is 2.49. The molecule has 2 saturated heterocycles. The first-order valence-corrected chi connectivity index (χ1v) is 4.84. The summed E-state index contributed by atoms with van der Waals surface area (Å²) < 4.78 is 0. The molecule has 0 aromatic carbocycles. The molecule has 5 nitrogen and oxygen atoms in total. The second kappa shape index (κ2) is 3.57. The highest BCUT2D eigenvalue weighted by molar-refractivity contribution is 6.02. The Labute approximate surface area is 83.0 Å². The normalized spacial score (nSPS) is 25.6. The summed E-state index contributed by atoms with van der Waals surface area (Å²) in [6, 6.07) is -0.166. The lowest BCUT2D eigenvalue weighted by molar-refractivity contribution is -0.127. The topological polar surface area (TPSA) is 52.6 Å². The van der Waals surface area contributed by atoms with E-state index < -0.39 is 0 Å². The predicted octanol–water partition coefficient (Wildman–Crippen LogP) is -0.206. The van der Waals surface area contributed by atoms with Crippen molar-refractivity contribution < 1.29 is 9.59 Å². The molecule has 2 rings (SSSR count). The minimum atomic E-state index is -0.238. The van der Waals surface area contributed by atoms with Crippen LogP contribution in [0.4, 0.5) is 4.79 Å². The van der Waals surface area contributed by atoms with E-state index in [1.54, 1.807) is 0 Å². The largest absolute Gasteiger partial charge is 0.459 e. The van der Waals surface area contributed by atoms with Gasteiger partial charge in [0.1, 0.15) is 0 Å². The van der Waals surface area contributed by atoms with Crippen LogP contribution in [0.25, 0.3) is 0 Å². The first kappa shape index (κ1) is 9.45. The SMILES string of the molecule is [CH2-]N1CCC(N2C(=O)CNC2=O)CC1. The van der Waals surface area contributed by atoms with E-state index in [0.717, 1.165) is 25.9 Å². The van der Waals surface area contributed by atoms with Crippen LogP contribution in [-0.4, -0.2) is 47.4 Å². The first-order valence-electron chi connectivity index (χ1n) is 4.84. The number of nitrogens with zero attached hydrogens (tertiary/aromatic N) is 2. The number of likely N-dealkylation sites (tertiary alicyclic amines) is 1. The number of nitrogens with one attached hydrogen (secondary N) is 1. The van der Waals surface area contributed by atoms with E-state index in [2.05, 4.69) is 12.4 Å². The number of carbonyl (C=O) groups is 2. The highest BCUT2D eigenvalue weighted by atomic mass is 16.2. The van der Waals surface area contributed by atoms with Crippen molar-refractivity contribution in [3.8, 4) is 0 Å². The lowest BCUT2D eigenvalue weighted by Gasteiger charge is -2.37. The molecular weight excluding hydrogens is 182 g/mol. The van der Waals surface area contributed by atoms with E-state index in [4.69, 9.17) is 0 Å². The number of hydrogen-bond donors (Lipinski definition) is 1. The van der Waals surface area contributed by atoms with Gasteiger partial charge in [-0.05, 0) is 25.9 Å². The Kier molecular flexibility index (Phi) is 2.41. The Balaban J connectivity index is 2.00. The van der Waals surface area contributed by atoms with Crippen molar-refractivity contribution in [1.82, 2.24) is 15.1 Å². The fourth-order valence-electron chi connectivity index (χ4n) is 1.98. The van der Waals surface area contributed by atoms with Crippen molar-refractivity contribution in [2.45, 2.75) is 18.9 Å². The van der Waals surface area contributed by atoms with Gasteiger partial charge in [0.2, 0.25) is 5.91 Å². The van der Waals surface area contributed by atoms with Crippen LogP contribution in [0, 0.1) is 7.05 Å². The summed E-state index contributed by atoms with van der Waals surface area (Å²) in [5.74, 6) is -0.0995. The molecule has 0 unspecified atom stereocenters. The monoisotopic (exact) mass is 196 g/mol. The third-order valence-electron chi connectivity index (χ3n) is 2.80. The fraction of sp³-hybridized carbons (Fsp3) is 0.667. The van der Waals surface area contributed by atoms with Crippen LogP contribution in [0.5, 0.6) is 0 Å². The van der Waals surface area contributed by atoms with Crippen LogP contribution in [0.2, 0.25) is 0 Å². The quantitative estimate of drug-likeness (QED) is 0.466. The van der Waals surface area contributed by atoms with Gasteiger partial charge >= 0.3 is 6.03 Å². The Morgan fingerprint density at radius 3 is 2.43 bits per heavy atom. The molecule has 2 aliphatic heterocycles. The summed E-state index contributed by atoms with van der Waals surface area (Å²) in [6.07, 6.45) is 1.67. The average molecular weight is 196 g/mol. The summed E-state index contributed by atoms with van der Waals surface area (Å²) in [5.41, 5.74) is 0. The van der Waals surface area contributed by atoms with Gasteiger partial charge in [-0.1, -0.05) is 0 Å². The maximum atomic E-state index is 11.4. The second-order valence-electron chi connectivity index (χ2n) is 3.77. The van der Waals surface area contributed by atoms with E-state index in [0.29, 0.717) is 0 Å². The highest BCUT2D eigenvalue weighted by Crippen LogP contribution is 2.18. The third kappa shape index (κ3) is 1.59. The van der Waals surface area contributed by atoms with Crippen LogP contribution in [0.1, 0.15) is 12.8 Å².